The molecule has 0 aliphatic carbocycles. The smallest absolute Gasteiger partial charge is 0.0425 e. The van der Waals surface area contributed by atoms with Crippen molar-refractivity contribution in [1.29, 1.82) is 0 Å². The molecule has 0 radical (unpaired) electrons. The van der Waals surface area contributed by atoms with Gasteiger partial charge in [-0.25, -0.2) is 0 Å². The van der Waals surface area contributed by atoms with Crippen LogP contribution in [0.2, 0.25) is 0 Å². The number of fused-ring (bicyclic) bond motifs is 1. The standard InChI is InChI=1S/C15H19N/c1-5-8-12-11(2)16-14-10-7-6-9-13(14)15(12,3)4/h6-10,16H,2,5H2,1,3-4H3/b12-8+. The number of hydrogen-bond donors (Lipinski definition) is 1. The third-order valence-electron chi connectivity index (χ3n) is 3.29. The lowest BCUT2D eigenvalue weighted by atomic mass is 9.73. The lowest BCUT2D eigenvalue weighted by molar-refractivity contribution is 0.620. The summed E-state index contributed by atoms with van der Waals surface area (Å²) in [5, 5.41) is 3.39. The molecule has 0 atom stereocenters. The number of nitrogens with one attached hydrogen (secondary N) is 1. The van der Waals surface area contributed by atoms with Gasteiger partial charge in [0.1, 0.15) is 0 Å². The van der Waals surface area contributed by atoms with Crippen molar-refractivity contribution in [2.75, 3.05) is 5.32 Å². The third kappa shape index (κ3) is 1.57. The zero-order valence-electron chi connectivity index (χ0n) is 10.3. The van der Waals surface area contributed by atoms with Gasteiger partial charge < -0.3 is 5.32 Å². The molecule has 0 spiro atoms. The van der Waals surface area contributed by atoms with E-state index in [0.29, 0.717) is 0 Å². The van der Waals surface area contributed by atoms with Gasteiger partial charge in [0.05, 0.1) is 0 Å². The number of allylic oxidation sites excluding steroid dienone is 2. The molecule has 1 aromatic carbocycles. The zero-order valence-corrected chi connectivity index (χ0v) is 10.3. The largest absolute Gasteiger partial charge is 0.356 e. The fraction of sp³-hybridized carbons (Fsp3) is 0.333. The highest BCUT2D eigenvalue weighted by Gasteiger charge is 2.33. The summed E-state index contributed by atoms with van der Waals surface area (Å²) in [6, 6.07) is 8.47. The van der Waals surface area contributed by atoms with Crippen LogP contribution in [-0.4, -0.2) is 0 Å². The second kappa shape index (κ2) is 3.82. The van der Waals surface area contributed by atoms with E-state index in [-0.39, 0.29) is 5.41 Å². The van der Waals surface area contributed by atoms with Crippen molar-refractivity contribution < 1.29 is 0 Å². The zero-order chi connectivity index (χ0) is 11.8. The van der Waals surface area contributed by atoms with Gasteiger partial charge in [0.25, 0.3) is 0 Å². The Labute approximate surface area is 97.9 Å². The minimum atomic E-state index is 0.0505. The van der Waals surface area contributed by atoms with Gasteiger partial charge in [0.15, 0.2) is 0 Å². The lowest BCUT2D eigenvalue weighted by Crippen LogP contribution is -2.29. The highest BCUT2D eigenvalue weighted by molar-refractivity contribution is 5.68. The van der Waals surface area contributed by atoms with Gasteiger partial charge in [0, 0.05) is 16.8 Å². The second-order valence-electron chi connectivity index (χ2n) is 4.80. The van der Waals surface area contributed by atoms with E-state index in [1.54, 1.807) is 0 Å². The van der Waals surface area contributed by atoms with Crippen LogP contribution in [-0.2, 0) is 5.41 Å². The molecule has 84 valence electrons. The average molecular weight is 213 g/mol. The molecule has 0 saturated carbocycles. The molecule has 0 aromatic heterocycles. The SMILES string of the molecule is C=C1Nc2ccccc2C(C)(C)/C1=C/CC. The third-order valence-corrected chi connectivity index (χ3v) is 3.29. The Morgan fingerprint density at radius 3 is 2.69 bits per heavy atom. The molecule has 0 bridgehead atoms. The van der Waals surface area contributed by atoms with E-state index >= 15 is 0 Å². The van der Waals surface area contributed by atoms with Crippen molar-refractivity contribution in [3.8, 4) is 0 Å². The van der Waals surface area contributed by atoms with Crippen LogP contribution >= 0.6 is 0 Å². The summed E-state index contributed by atoms with van der Waals surface area (Å²) in [7, 11) is 0. The first-order valence-electron chi connectivity index (χ1n) is 5.83. The van der Waals surface area contributed by atoms with Crippen molar-refractivity contribution in [2.24, 2.45) is 0 Å². The minimum absolute atomic E-state index is 0.0505. The van der Waals surface area contributed by atoms with E-state index in [4.69, 9.17) is 0 Å². The Morgan fingerprint density at radius 1 is 1.31 bits per heavy atom. The monoisotopic (exact) mass is 213 g/mol. The minimum Gasteiger partial charge on any atom is -0.356 e. The van der Waals surface area contributed by atoms with Crippen molar-refractivity contribution >= 4 is 5.69 Å². The summed E-state index contributed by atoms with van der Waals surface area (Å²) in [6.07, 6.45) is 3.31. The quantitative estimate of drug-likeness (QED) is 0.735. The van der Waals surface area contributed by atoms with Crippen LogP contribution in [0, 0.1) is 0 Å². The summed E-state index contributed by atoms with van der Waals surface area (Å²) in [6.45, 7) is 10.8. The van der Waals surface area contributed by atoms with Gasteiger partial charge in [-0.2, -0.15) is 0 Å². The van der Waals surface area contributed by atoms with Crippen LogP contribution in [0.4, 0.5) is 5.69 Å². The summed E-state index contributed by atoms with van der Waals surface area (Å²) in [5.74, 6) is 0. The molecular formula is C15H19N. The number of anilines is 1. The van der Waals surface area contributed by atoms with Crippen LogP contribution < -0.4 is 5.32 Å². The Morgan fingerprint density at radius 2 is 2.00 bits per heavy atom. The molecule has 0 unspecified atom stereocenters. The molecule has 1 nitrogen and oxygen atoms in total. The van der Waals surface area contributed by atoms with Crippen LogP contribution in [0.5, 0.6) is 0 Å². The molecule has 1 N–H and O–H groups in total. The molecule has 0 amide bonds. The Kier molecular flexibility index (Phi) is 2.63. The normalized spacial score (nSPS) is 20.4. The Hall–Kier alpha value is -1.50. The summed E-state index contributed by atoms with van der Waals surface area (Å²) in [5.41, 5.74) is 4.93. The Balaban J connectivity index is 2.60. The first-order valence-corrected chi connectivity index (χ1v) is 5.83. The fourth-order valence-electron chi connectivity index (χ4n) is 2.47. The average Bonchev–Trinajstić information content (AvgIpc) is 2.24. The molecular weight excluding hydrogens is 194 g/mol. The second-order valence-corrected chi connectivity index (χ2v) is 4.80. The summed E-state index contributed by atoms with van der Waals surface area (Å²) >= 11 is 0. The van der Waals surface area contributed by atoms with Gasteiger partial charge in [-0.3, -0.25) is 0 Å². The van der Waals surface area contributed by atoms with E-state index in [1.807, 2.05) is 0 Å². The van der Waals surface area contributed by atoms with Crippen LogP contribution in [0.1, 0.15) is 32.8 Å². The first kappa shape index (κ1) is 11.0. The number of benzene rings is 1. The summed E-state index contributed by atoms with van der Waals surface area (Å²) < 4.78 is 0. The highest BCUT2D eigenvalue weighted by Crippen LogP contribution is 2.43. The van der Waals surface area contributed by atoms with E-state index < -0.39 is 0 Å². The maximum atomic E-state index is 4.13. The van der Waals surface area contributed by atoms with Crippen LogP contribution in [0.3, 0.4) is 0 Å². The van der Waals surface area contributed by atoms with E-state index in [0.717, 1.165) is 12.1 Å². The topological polar surface area (TPSA) is 12.0 Å². The molecule has 2 rings (SSSR count). The predicted octanol–water partition coefficient (Wildman–Crippen LogP) is 4.24. The maximum Gasteiger partial charge on any atom is 0.0425 e. The lowest BCUT2D eigenvalue weighted by Gasteiger charge is -2.37. The molecule has 1 heteroatoms. The van der Waals surface area contributed by atoms with Crippen molar-refractivity contribution in [3.05, 3.63) is 53.8 Å². The van der Waals surface area contributed by atoms with Gasteiger partial charge in [0.2, 0.25) is 0 Å². The molecule has 1 aliphatic heterocycles. The van der Waals surface area contributed by atoms with Gasteiger partial charge in [-0.15, -0.1) is 0 Å². The summed E-state index contributed by atoms with van der Waals surface area (Å²) in [4.78, 5) is 0. The Bertz CT molecular complexity index is 452. The van der Waals surface area contributed by atoms with Crippen LogP contribution in [0.15, 0.2) is 48.2 Å². The van der Waals surface area contributed by atoms with Crippen LogP contribution in [0.25, 0.3) is 0 Å². The number of rotatable bonds is 1. The number of para-hydroxylation sites is 1. The van der Waals surface area contributed by atoms with Gasteiger partial charge >= 0.3 is 0 Å². The van der Waals surface area contributed by atoms with Crippen molar-refractivity contribution in [1.82, 2.24) is 0 Å². The molecule has 0 saturated heterocycles. The molecule has 0 fully saturated rings. The fourth-order valence-corrected chi connectivity index (χ4v) is 2.47. The van der Waals surface area contributed by atoms with Crippen molar-refractivity contribution in [3.63, 3.8) is 0 Å². The van der Waals surface area contributed by atoms with E-state index in [1.165, 1.54) is 16.8 Å². The van der Waals surface area contributed by atoms with E-state index in [2.05, 4.69) is 63.0 Å². The van der Waals surface area contributed by atoms with Gasteiger partial charge in [-0.1, -0.05) is 51.6 Å². The highest BCUT2D eigenvalue weighted by atomic mass is 14.9. The first-order chi connectivity index (χ1) is 7.57. The molecule has 1 aliphatic rings. The van der Waals surface area contributed by atoms with E-state index in [9.17, 15) is 0 Å². The van der Waals surface area contributed by atoms with Gasteiger partial charge in [-0.05, 0) is 23.6 Å². The molecule has 1 aromatic rings. The number of hydrogen-bond acceptors (Lipinski definition) is 1. The predicted molar refractivity (Wildman–Crippen MR) is 70.6 cm³/mol. The maximum absolute atomic E-state index is 4.13. The van der Waals surface area contributed by atoms with Crippen molar-refractivity contribution in [2.45, 2.75) is 32.6 Å². The molecule has 1 heterocycles. The molecule has 16 heavy (non-hydrogen) atoms.